The van der Waals surface area contributed by atoms with Crippen LogP contribution in [0.5, 0.6) is 0 Å². The van der Waals surface area contributed by atoms with Crippen molar-refractivity contribution in [2.24, 2.45) is 0 Å². The van der Waals surface area contributed by atoms with Crippen LogP contribution in [0, 0.1) is 16.1 Å². The van der Waals surface area contributed by atoms with Crippen LogP contribution in [-0.4, -0.2) is 25.8 Å². The van der Waals surface area contributed by atoms with Crippen molar-refractivity contribution < 1.29 is 4.21 Å². The molecule has 0 amide bonds. The summed E-state index contributed by atoms with van der Waals surface area (Å²) >= 11 is 5.26. The van der Waals surface area contributed by atoms with Gasteiger partial charge in [0.25, 0.3) is 0 Å². The molecule has 1 aromatic carbocycles. The quantitative estimate of drug-likeness (QED) is 0.874. The van der Waals surface area contributed by atoms with Gasteiger partial charge in [0, 0.05) is 29.4 Å². The van der Waals surface area contributed by atoms with Crippen molar-refractivity contribution in [2.75, 3.05) is 12.0 Å². The van der Waals surface area contributed by atoms with Crippen LogP contribution in [0.15, 0.2) is 18.2 Å². The molecule has 0 spiro atoms. The second-order valence-corrected chi connectivity index (χ2v) is 6.00. The van der Waals surface area contributed by atoms with Gasteiger partial charge >= 0.3 is 0 Å². The number of aryl methyl sites for hydroxylation is 1. The number of rotatable bonds is 4. The average Bonchev–Trinajstić information content (AvgIpc) is 2.64. The summed E-state index contributed by atoms with van der Waals surface area (Å²) in [5.41, 5.74) is 2.47. The van der Waals surface area contributed by atoms with E-state index in [1.807, 2.05) is 16.7 Å². The molecule has 0 radical (unpaired) electrons. The summed E-state index contributed by atoms with van der Waals surface area (Å²) < 4.78 is 13.6. The molecule has 0 saturated heterocycles. The lowest BCUT2D eigenvalue weighted by Crippen LogP contribution is -2.03. The van der Waals surface area contributed by atoms with E-state index in [1.54, 1.807) is 12.3 Å². The zero-order valence-electron chi connectivity index (χ0n) is 9.97. The summed E-state index contributed by atoms with van der Waals surface area (Å²) in [5.74, 6) is 0.659. The molecule has 0 aliphatic heterocycles. The molecular weight excluding hydrogens is 266 g/mol. The number of fused-ring (bicyclic) bond motifs is 1. The van der Waals surface area contributed by atoms with Gasteiger partial charge < -0.3 is 9.55 Å². The molecule has 0 fully saturated rings. The van der Waals surface area contributed by atoms with Crippen LogP contribution in [0.2, 0.25) is 0 Å². The molecular formula is C12H13N3OS2. The van der Waals surface area contributed by atoms with Crippen LogP contribution in [0.3, 0.4) is 0 Å². The Labute approximate surface area is 113 Å². The Kier molecular flexibility index (Phi) is 3.94. The second kappa shape index (κ2) is 5.46. The normalized spacial score (nSPS) is 12.4. The number of hydrogen-bond acceptors (Lipinski definition) is 3. The van der Waals surface area contributed by atoms with Crippen molar-refractivity contribution in [3.63, 3.8) is 0 Å². The molecule has 0 bridgehead atoms. The molecule has 18 heavy (non-hydrogen) atoms. The van der Waals surface area contributed by atoms with Gasteiger partial charge in [-0.05, 0) is 36.8 Å². The highest BCUT2D eigenvalue weighted by Crippen LogP contribution is 2.16. The van der Waals surface area contributed by atoms with Gasteiger partial charge in [0.1, 0.15) is 0 Å². The van der Waals surface area contributed by atoms with Gasteiger partial charge in [0.15, 0.2) is 4.77 Å². The minimum atomic E-state index is -0.783. The Hall–Kier alpha value is -1.45. The number of nitrogens with zero attached hydrogens (tertiary/aromatic N) is 2. The summed E-state index contributed by atoms with van der Waals surface area (Å²) in [4.78, 5) is 3.11. The Morgan fingerprint density at radius 3 is 3.00 bits per heavy atom. The van der Waals surface area contributed by atoms with Crippen molar-refractivity contribution in [1.82, 2.24) is 9.55 Å². The number of H-pyrrole nitrogens is 1. The van der Waals surface area contributed by atoms with Crippen LogP contribution < -0.4 is 0 Å². The zero-order valence-corrected chi connectivity index (χ0v) is 11.6. The minimum Gasteiger partial charge on any atom is -0.331 e. The van der Waals surface area contributed by atoms with Gasteiger partial charge in [-0.15, -0.1) is 0 Å². The molecule has 94 valence electrons. The second-order valence-electron chi connectivity index (χ2n) is 4.06. The zero-order chi connectivity index (χ0) is 13.1. The Morgan fingerprint density at radius 1 is 1.56 bits per heavy atom. The maximum atomic E-state index is 11.0. The molecule has 6 heteroatoms. The first-order chi connectivity index (χ1) is 8.61. The first-order valence-corrected chi connectivity index (χ1v) is 7.68. The van der Waals surface area contributed by atoms with Crippen LogP contribution in [0.25, 0.3) is 11.0 Å². The van der Waals surface area contributed by atoms with Gasteiger partial charge in [-0.3, -0.25) is 4.21 Å². The fourth-order valence-electron chi connectivity index (χ4n) is 1.87. The van der Waals surface area contributed by atoms with E-state index in [1.165, 1.54) is 0 Å². The summed E-state index contributed by atoms with van der Waals surface area (Å²) in [6.07, 6.45) is 2.50. The largest absolute Gasteiger partial charge is 0.331 e. The molecule has 2 aromatic rings. The molecule has 4 nitrogen and oxygen atoms in total. The van der Waals surface area contributed by atoms with Crippen LogP contribution in [0.4, 0.5) is 0 Å². The van der Waals surface area contributed by atoms with Crippen molar-refractivity contribution in [2.45, 2.75) is 13.0 Å². The van der Waals surface area contributed by atoms with Crippen LogP contribution in [-0.2, 0) is 17.3 Å². The topological polar surface area (TPSA) is 61.6 Å². The molecule has 1 unspecified atom stereocenters. The number of nitriles is 1. The maximum absolute atomic E-state index is 11.0. The summed E-state index contributed by atoms with van der Waals surface area (Å²) in [6.45, 7) is 0.716. The third-order valence-corrected chi connectivity index (χ3v) is 3.90. The predicted molar refractivity (Wildman–Crippen MR) is 75.4 cm³/mol. The van der Waals surface area contributed by atoms with Crippen molar-refractivity contribution in [1.29, 1.82) is 5.26 Å². The van der Waals surface area contributed by atoms with Crippen LogP contribution >= 0.6 is 12.2 Å². The highest BCUT2D eigenvalue weighted by molar-refractivity contribution is 7.84. The average molecular weight is 279 g/mol. The third-order valence-electron chi connectivity index (χ3n) is 2.72. The van der Waals surface area contributed by atoms with Crippen molar-refractivity contribution >= 4 is 34.1 Å². The fraction of sp³-hybridized carbons (Fsp3) is 0.333. The Balaban J connectivity index is 2.36. The van der Waals surface area contributed by atoms with E-state index < -0.39 is 10.8 Å². The maximum Gasteiger partial charge on any atom is 0.178 e. The number of benzene rings is 1. The SMILES string of the molecule is CS(=O)CCCn1c(=S)[nH]c2ccc(C#N)cc21. The van der Waals surface area contributed by atoms with Gasteiger partial charge in [-0.1, -0.05) is 0 Å². The summed E-state index contributed by atoms with van der Waals surface area (Å²) in [5, 5.41) is 8.91. The number of nitrogens with one attached hydrogen (secondary N) is 1. The lowest BCUT2D eigenvalue weighted by molar-refractivity contribution is 0.665. The fourth-order valence-corrected chi connectivity index (χ4v) is 2.71. The van der Waals surface area contributed by atoms with Gasteiger partial charge in [0.2, 0.25) is 0 Å². The van der Waals surface area contributed by atoms with E-state index in [9.17, 15) is 4.21 Å². The molecule has 1 aromatic heterocycles. The monoisotopic (exact) mass is 279 g/mol. The molecule has 0 saturated carbocycles. The van der Waals surface area contributed by atoms with Gasteiger partial charge in [0.05, 0.1) is 22.7 Å². The van der Waals surface area contributed by atoms with E-state index in [-0.39, 0.29) is 0 Å². The number of aromatic amines is 1. The molecule has 0 aliphatic carbocycles. The molecule has 1 heterocycles. The summed E-state index contributed by atoms with van der Waals surface area (Å²) in [7, 11) is -0.783. The highest BCUT2D eigenvalue weighted by atomic mass is 32.2. The number of imidazole rings is 1. The van der Waals surface area contributed by atoms with E-state index in [0.717, 1.165) is 17.5 Å². The first-order valence-electron chi connectivity index (χ1n) is 5.54. The lowest BCUT2D eigenvalue weighted by Gasteiger charge is -2.03. The highest BCUT2D eigenvalue weighted by Gasteiger charge is 2.05. The van der Waals surface area contributed by atoms with Gasteiger partial charge in [-0.25, -0.2) is 0 Å². The van der Waals surface area contributed by atoms with Crippen molar-refractivity contribution in [3.05, 3.63) is 28.5 Å². The summed E-state index contributed by atoms with van der Waals surface area (Å²) in [6, 6.07) is 7.57. The molecule has 1 atom stereocenters. The number of hydrogen-bond donors (Lipinski definition) is 1. The van der Waals surface area contributed by atoms with Crippen molar-refractivity contribution in [3.8, 4) is 6.07 Å². The van der Waals surface area contributed by atoms with E-state index >= 15 is 0 Å². The minimum absolute atomic E-state index is 0.615. The smallest absolute Gasteiger partial charge is 0.178 e. The Bertz CT molecular complexity index is 693. The molecule has 2 rings (SSSR count). The van der Waals surface area contributed by atoms with E-state index in [0.29, 0.717) is 22.6 Å². The predicted octanol–water partition coefficient (Wildman–Crippen LogP) is 2.34. The first kappa shape index (κ1) is 13.0. The molecule has 0 aliphatic rings. The van der Waals surface area contributed by atoms with Crippen LogP contribution in [0.1, 0.15) is 12.0 Å². The lowest BCUT2D eigenvalue weighted by atomic mass is 10.2. The van der Waals surface area contributed by atoms with E-state index in [2.05, 4.69) is 11.1 Å². The Morgan fingerprint density at radius 2 is 2.33 bits per heavy atom. The number of aromatic nitrogens is 2. The van der Waals surface area contributed by atoms with E-state index in [4.69, 9.17) is 17.5 Å². The van der Waals surface area contributed by atoms with Gasteiger partial charge in [-0.2, -0.15) is 5.26 Å². The standard InChI is InChI=1S/C12H13N3OS2/c1-18(16)6-2-5-15-11-7-9(8-13)3-4-10(11)14-12(15)17/h3-4,7H,2,5-6H2,1H3,(H,14,17). The molecule has 1 N–H and O–H groups in total. The third kappa shape index (κ3) is 2.68.